The fraction of sp³-hybridized carbons (Fsp3) is 0. The van der Waals surface area contributed by atoms with Crippen molar-refractivity contribution < 1.29 is 23.6 Å². The Hall–Kier alpha value is -2.83. The first kappa shape index (κ1) is 13.6. The van der Waals surface area contributed by atoms with Gasteiger partial charge in [-0.25, -0.2) is 13.6 Å². The quantitative estimate of drug-likeness (QED) is 0.690. The van der Waals surface area contributed by atoms with Crippen LogP contribution >= 0.6 is 0 Å². The van der Waals surface area contributed by atoms with Crippen LogP contribution < -0.4 is 0 Å². The normalized spacial score (nSPS) is 10.3. The Morgan fingerprint density at radius 1 is 1.15 bits per heavy atom. The second-order valence-electron chi connectivity index (χ2n) is 3.92. The van der Waals surface area contributed by atoms with Crippen LogP contribution in [-0.4, -0.2) is 16.0 Å². The van der Waals surface area contributed by atoms with Gasteiger partial charge in [0.1, 0.15) is 17.2 Å². The van der Waals surface area contributed by atoms with E-state index in [0.717, 1.165) is 24.3 Å². The van der Waals surface area contributed by atoms with E-state index in [1.54, 1.807) is 0 Å². The predicted octanol–water partition coefficient (Wildman–Crippen LogP) is 3.24. The molecule has 0 amide bonds. The maximum absolute atomic E-state index is 13.6. The van der Waals surface area contributed by atoms with E-state index in [4.69, 9.17) is 5.11 Å². The molecule has 0 spiro atoms. The Balaban J connectivity index is 2.62. The molecule has 102 valence electrons. The average Bonchev–Trinajstić information content (AvgIpc) is 2.37. The Labute approximate surface area is 111 Å². The minimum Gasteiger partial charge on any atom is -0.477 e. The van der Waals surface area contributed by atoms with Crippen molar-refractivity contribution >= 4 is 11.7 Å². The number of rotatable bonds is 3. The molecule has 2 aromatic carbocycles. The van der Waals surface area contributed by atoms with Crippen molar-refractivity contribution in [2.75, 3.05) is 0 Å². The molecule has 0 saturated heterocycles. The molecule has 5 nitrogen and oxygen atoms in total. The summed E-state index contributed by atoms with van der Waals surface area (Å²) in [6, 6.07) is 5.97. The molecular weight excluding hydrogens is 272 g/mol. The summed E-state index contributed by atoms with van der Waals surface area (Å²) in [7, 11) is 0. The maximum atomic E-state index is 13.6. The van der Waals surface area contributed by atoms with Gasteiger partial charge in [0, 0.05) is 17.7 Å². The molecule has 0 saturated carbocycles. The van der Waals surface area contributed by atoms with Gasteiger partial charge in [-0.15, -0.1) is 0 Å². The molecule has 0 fully saturated rings. The van der Waals surface area contributed by atoms with Crippen LogP contribution in [0.15, 0.2) is 36.4 Å². The minimum atomic E-state index is -1.46. The number of hydrogen-bond donors (Lipinski definition) is 1. The molecule has 7 heteroatoms. The third kappa shape index (κ3) is 2.46. The van der Waals surface area contributed by atoms with Crippen molar-refractivity contribution in [2.24, 2.45) is 0 Å². The minimum absolute atomic E-state index is 0.0496. The van der Waals surface area contributed by atoms with E-state index >= 15 is 0 Å². The summed E-state index contributed by atoms with van der Waals surface area (Å²) >= 11 is 0. The summed E-state index contributed by atoms with van der Waals surface area (Å²) in [6.07, 6.45) is 0. The van der Waals surface area contributed by atoms with E-state index in [9.17, 15) is 23.7 Å². The molecule has 0 aliphatic heterocycles. The summed E-state index contributed by atoms with van der Waals surface area (Å²) < 4.78 is 26.4. The molecule has 0 atom stereocenters. The number of nitro groups is 1. The molecule has 0 aliphatic carbocycles. The van der Waals surface area contributed by atoms with Crippen LogP contribution in [0.25, 0.3) is 11.1 Å². The van der Waals surface area contributed by atoms with Gasteiger partial charge in [-0.3, -0.25) is 10.1 Å². The smallest absolute Gasteiger partial charge is 0.342 e. The van der Waals surface area contributed by atoms with E-state index in [1.807, 2.05) is 0 Å². The maximum Gasteiger partial charge on any atom is 0.342 e. The molecule has 0 unspecified atom stereocenters. The van der Waals surface area contributed by atoms with E-state index in [0.29, 0.717) is 6.07 Å². The van der Waals surface area contributed by atoms with Crippen LogP contribution in [0.5, 0.6) is 0 Å². The molecule has 2 aromatic rings. The SMILES string of the molecule is O=C(O)c1ccc(-c2ccc(F)cc2F)cc1[N+](=O)[O-]. The molecule has 2 rings (SSSR count). The Bertz CT molecular complexity index is 716. The van der Waals surface area contributed by atoms with E-state index in [1.165, 1.54) is 6.07 Å². The highest BCUT2D eigenvalue weighted by atomic mass is 19.1. The van der Waals surface area contributed by atoms with E-state index in [-0.39, 0.29) is 11.1 Å². The van der Waals surface area contributed by atoms with Crippen LogP contribution in [0.2, 0.25) is 0 Å². The zero-order chi connectivity index (χ0) is 14.9. The average molecular weight is 279 g/mol. The zero-order valence-corrected chi connectivity index (χ0v) is 9.84. The Morgan fingerprint density at radius 3 is 2.40 bits per heavy atom. The van der Waals surface area contributed by atoms with Gasteiger partial charge >= 0.3 is 5.97 Å². The van der Waals surface area contributed by atoms with Gasteiger partial charge in [0.2, 0.25) is 0 Å². The molecule has 0 aromatic heterocycles. The second-order valence-corrected chi connectivity index (χ2v) is 3.92. The largest absolute Gasteiger partial charge is 0.477 e. The lowest BCUT2D eigenvalue weighted by Gasteiger charge is -2.05. The van der Waals surface area contributed by atoms with Crippen molar-refractivity contribution in [3.63, 3.8) is 0 Å². The summed E-state index contributed by atoms with van der Waals surface area (Å²) in [5, 5.41) is 19.7. The topological polar surface area (TPSA) is 80.4 Å². The van der Waals surface area contributed by atoms with E-state index < -0.39 is 33.8 Å². The van der Waals surface area contributed by atoms with E-state index in [2.05, 4.69) is 0 Å². The molecule has 20 heavy (non-hydrogen) atoms. The molecule has 1 N–H and O–H groups in total. The van der Waals surface area contributed by atoms with Gasteiger partial charge < -0.3 is 5.11 Å². The van der Waals surface area contributed by atoms with Crippen molar-refractivity contribution in [2.45, 2.75) is 0 Å². The highest BCUT2D eigenvalue weighted by molar-refractivity contribution is 5.93. The highest BCUT2D eigenvalue weighted by Crippen LogP contribution is 2.29. The summed E-state index contributed by atoms with van der Waals surface area (Å²) in [4.78, 5) is 20.8. The van der Waals surface area contributed by atoms with Crippen LogP contribution in [0.1, 0.15) is 10.4 Å². The van der Waals surface area contributed by atoms with Crippen molar-refractivity contribution in [3.05, 3.63) is 63.7 Å². The number of hydrogen-bond acceptors (Lipinski definition) is 3. The number of halogens is 2. The zero-order valence-electron chi connectivity index (χ0n) is 9.84. The lowest BCUT2D eigenvalue weighted by molar-refractivity contribution is -0.385. The molecule has 0 aliphatic rings. The van der Waals surface area contributed by atoms with Crippen LogP contribution in [0, 0.1) is 21.7 Å². The second kappa shape index (κ2) is 5.04. The molecule has 0 bridgehead atoms. The number of aromatic carboxylic acids is 1. The number of carboxylic acid groups (broad SMARTS) is 1. The van der Waals surface area contributed by atoms with Gasteiger partial charge in [-0.1, -0.05) is 6.07 Å². The van der Waals surface area contributed by atoms with Crippen LogP contribution in [-0.2, 0) is 0 Å². The van der Waals surface area contributed by atoms with Crippen molar-refractivity contribution in [1.82, 2.24) is 0 Å². The van der Waals surface area contributed by atoms with Gasteiger partial charge in [-0.2, -0.15) is 0 Å². The monoisotopic (exact) mass is 279 g/mol. The highest BCUT2D eigenvalue weighted by Gasteiger charge is 2.21. The number of benzene rings is 2. The molecule has 0 heterocycles. The van der Waals surface area contributed by atoms with Gasteiger partial charge in [0.05, 0.1) is 4.92 Å². The van der Waals surface area contributed by atoms with Crippen LogP contribution in [0.3, 0.4) is 0 Å². The lowest BCUT2D eigenvalue weighted by Crippen LogP contribution is -2.02. The summed E-state index contributed by atoms with van der Waals surface area (Å²) in [5.41, 5.74) is -1.11. The first-order chi connectivity index (χ1) is 9.40. The van der Waals surface area contributed by atoms with Crippen molar-refractivity contribution in [1.29, 1.82) is 0 Å². The Kier molecular flexibility index (Phi) is 3.43. The lowest BCUT2D eigenvalue weighted by atomic mass is 10.0. The summed E-state index contributed by atoms with van der Waals surface area (Å²) in [5.74, 6) is -3.12. The third-order valence-electron chi connectivity index (χ3n) is 2.67. The molecule has 0 radical (unpaired) electrons. The number of carboxylic acids is 1. The van der Waals surface area contributed by atoms with Gasteiger partial charge in [0.15, 0.2) is 0 Å². The van der Waals surface area contributed by atoms with Crippen molar-refractivity contribution in [3.8, 4) is 11.1 Å². The fourth-order valence-electron chi connectivity index (χ4n) is 1.75. The van der Waals surface area contributed by atoms with Gasteiger partial charge in [-0.05, 0) is 23.8 Å². The first-order valence-electron chi connectivity index (χ1n) is 5.37. The first-order valence-corrected chi connectivity index (χ1v) is 5.37. The predicted molar refractivity (Wildman–Crippen MR) is 65.4 cm³/mol. The molecular formula is C13H7F2NO4. The standard InChI is InChI=1S/C13H7F2NO4/c14-8-2-4-9(11(15)6-8)7-1-3-10(13(17)18)12(5-7)16(19)20/h1-6H,(H,17,18). The Morgan fingerprint density at radius 2 is 1.85 bits per heavy atom. The van der Waals surface area contributed by atoms with Gasteiger partial charge in [0.25, 0.3) is 5.69 Å². The number of carbonyl (C=O) groups is 1. The summed E-state index contributed by atoms with van der Waals surface area (Å²) in [6.45, 7) is 0. The third-order valence-corrected chi connectivity index (χ3v) is 2.67. The number of nitro benzene ring substituents is 1. The number of nitrogens with zero attached hydrogens (tertiary/aromatic N) is 1. The van der Waals surface area contributed by atoms with Crippen LogP contribution in [0.4, 0.5) is 14.5 Å². The fourth-order valence-corrected chi connectivity index (χ4v) is 1.75.